The molecule has 0 fully saturated rings. The monoisotopic (exact) mass is 346 g/mol. The number of nitrogens with zero attached hydrogens (tertiary/aromatic N) is 2. The fourth-order valence-corrected chi connectivity index (χ4v) is 3.22. The maximum absolute atomic E-state index is 5.91. The molecule has 0 saturated heterocycles. The molecule has 0 radical (unpaired) electrons. The van der Waals surface area contributed by atoms with Gasteiger partial charge in [-0.05, 0) is 41.8 Å². The van der Waals surface area contributed by atoms with Gasteiger partial charge >= 0.3 is 0 Å². The molecule has 4 nitrogen and oxygen atoms in total. The molecule has 1 aliphatic rings. The van der Waals surface area contributed by atoms with Gasteiger partial charge in [0.2, 0.25) is 5.90 Å². The molecule has 0 amide bonds. The van der Waals surface area contributed by atoms with Crippen LogP contribution in [0.5, 0.6) is 5.75 Å². The summed E-state index contributed by atoms with van der Waals surface area (Å²) in [7, 11) is 1.68. The second kappa shape index (κ2) is 7.48. The van der Waals surface area contributed by atoms with Crippen molar-refractivity contribution in [1.29, 1.82) is 0 Å². The van der Waals surface area contributed by atoms with E-state index in [0.29, 0.717) is 6.61 Å². The lowest BCUT2D eigenvalue weighted by atomic mass is 10.1. The number of aromatic nitrogens is 1. The molecule has 4 rings (SSSR count). The first kappa shape index (κ1) is 16.5. The lowest BCUT2D eigenvalue weighted by molar-refractivity contribution is 0.315. The molecule has 4 heteroatoms. The van der Waals surface area contributed by atoms with Crippen LogP contribution in [-0.2, 0) is 17.7 Å². The van der Waals surface area contributed by atoms with Crippen LogP contribution in [-0.4, -0.2) is 30.2 Å². The molecule has 0 spiro atoms. The predicted molar refractivity (Wildman–Crippen MR) is 103 cm³/mol. The van der Waals surface area contributed by atoms with Crippen molar-refractivity contribution in [1.82, 2.24) is 4.57 Å². The Morgan fingerprint density at radius 2 is 1.81 bits per heavy atom. The molecule has 26 heavy (non-hydrogen) atoms. The van der Waals surface area contributed by atoms with E-state index in [2.05, 4.69) is 53.2 Å². The summed E-state index contributed by atoms with van der Waals surface area (Å²) in [6.45, 7) is 1.41. The van der Waals surface area contributed by atoms with Crippen LogP contribution in [0, 0.1) is 0 Å². The molecule has 2 aromatic carbocycles. The minimum absolute atomic E-state index is 0.178. The van der Waals surface area contributed by atoms with Crippen LogP contribution in [0.25, 0.3) is 0 Å². The topological polar surface area (TPSA) is 35.8 Å². The molecule has 0 saturated carbocycles. The highest BCUT2D eigenvalue weighted by Gasteiger charge is 2.22. The molecule has 0 N–H and O–H groups in total. The summed E-state index contributed by atoms with van der Waals surface area (Å²) < 4.78 is 13.3. The third-order valence-electron chi connectivity index (χ3n) is 4.59. The highest BCUT2D eigenvalue weighted by atomic mass is 16.5. The highest BCUT2D eigenvalue weighted by Crippen LogP contribution is 2.18. The van der Waals surface area contributed by atoms with Crippen molar-refractivity contribution in [2.75, 3.05) is 13.7 Å². The van der Waals surface area contributed by atoms with Gasteiger partial charge in [-0.3, -0.25) is 0 Å². The Balaban J connectivity index is 1.48. The quantitative estimate of drug-likeness (QED) is 0.678. The summed E-state index contributed by atoms with van der Waals surface area (Å²) >= 11 is 0. The molecule has 0 bridgehead atoms. The van der Waals surface area contributed by atoms with Crippen molar-refractivity contribution in [3.05, 3.63) is 89.7 Å². The van der Waals surface area contributed by atoms with Crippen molar-refractivity contribution in [3.63, 3.8) is 0 Å². The molecule has 0 unspecified atom stereocenters. The molecule has 2 heterocycles. The summed E-state index contributed by atoms with van der Waals surface area (Å²) in [6, 6.07) is 22.9. The van der Waals surface area contributed by atoms with Crippen LogP contribution < -0.4 is 4.74 Å². The highest BCUT2D eigenvalue weighted by molar-refractivity contribution is 5.93. The van der Waals surface area contributed by atoms with E-state index < -0.39 is 0 Å². The van der Waals surface area contributed by atoms with Gasteiger partial charge in [-0.2, -0.15) is 0 Å². The van der Waals surface area contributed by atoms with Gasteiger partial charge in [0, 0.05) is 12.7 Å². The first-order chi connectivity index (χ1) is 12.8. The minimum Gasteiger partial charge on any atom is -0.497 e. The third kappa shape index (κ3) is 3.64. The maximum Gasteiger partial charge on any atom is 0.233 e. The average Bonchev–Trinajstić information content (AvgIpc) is 3.32. The number of benzene rings is 2. The fourth-order valence-electron chi connectivity index (χ4n) is 3.22. The zero-order valence-corrected chi connectivity index (χ0v) is 14.8. The summed E-state index contributed by atoms with van der Waals surface area (Å²) in [4.78, 5) is 4.81. The first-order valence-electron chi connectivity index (χ1n) is 8.85. The molecule has 132 valence electrons. The van der Waals surface area contributed by atoms with Crippen LogP contribution in [0.3, 0.4) is 0 Å². The Morgan fingerprint density at radius 1 is 1.00 bits per heavy atom. The van der Waals surface area contributed by atoms with Crippen LogP contribution in [0.4, 0.5) is 0 Å². The minimum atomic E-state index is 0.178. The van der Waals surface area contributed by atoms with Crippen LogP contribution in [0.2, 0.25) is 0 Å². The summed E-state index contributed by atoms with van der Waals surface area (Å²) in [5.41, 5.74) is 3.53. The third-order valence-corrected chi connectivity index (χ3v) is 4.59. The number of rotatable bonds is 6. The summed E-state index contributed by atoms with van der Waals surface area (Å²) in [5, 5.41) is 0. The van der Waals surface area contributed by atoms with Crippen molar-refractivity contribution in [2.24, 2.45) is 4.99 Å². The van der Waals surface area contributed by atoms with Gasteiger partial charge in [-0.1, -0.05) is 42.5 Å². The Bertz CT molecular complexity index is 882. The molecule has 1 aliphatic heterocycles. The van der Waals surface area contributed by atoms with E-state index >= 15 is 0 Å². The summed E-state index contributed by atoms with van der Waals surface area (Å²) in [5.74, 6) is 1.61. The van der Waals surface area contributed by atoms with Crippen molar-refractivity contribution < 1.29 is 9.47 Å². The van der Waals surface area contributed by atoms with Gasteiger partial charge in [0.15, 0.2) is 0 Å². The van der Waals surface area contributed by atoms with E-state index in [1.807, 2.05) is 24.3 Å². The van der Waals surface area contributed by atoms with Gasteiger partial charge in [-0.15, -0.1) is 0 Å². The molecule has 1 aromatic heterocycles. The van der Waals surface area contributed by atoms with Gasteiger partial charge in [0.1, 0.15) is 18.1 Å². The zero-order chi connectivity index (χ0) is 17.8. The standard InChI is InChI=1S/C22H22N2O2/c1-25-20-11-9-18(10-12-20)15-24-13-5-8-21(24)22-23-19(16-26-22)14-17-6-3-2-4-7-17/h2-13,19H,14-16H2,1H3/t19-/m0/s1. The summed E-state index contributed by atoms with van der Waals surface area (Å²) in [6.07, 6.45) is 2.97. The molecular formula is C22H22N2O2. The van der Waals surface area contributed by atoms with Gasteiger partial charge in [0.05, 0.1) is 13.2 Å². The predicted octanol–water partition coefficient (Wildman–Crippen LogP) is 3.93. The van der Waals surface area contributed by atoms with Crippen LogP contribution >= 0.6 is 0 Å². The Hall–Kier alpha value is -3.01. The molecule has 1 atom stereocenters. The number of aliphatic imine (C=N–C) groups is 1. The van der Waals surface area contributed by atoms with E-state index in [0.717, 1.165) is 30.3 Å². The van der Waals surface area contributed by atoms with Gasteiger partial charge < -0.3 is 14.0 Å². The Labute approximate surface area is 153 Å². The normalized spacial score (nSPS) is 16.2. The number of hydrogen-bond donors (Lipinski definition) is 0. The number of methoxy groups -OCH3 is 1. The van der Waals surface area contributed by atoms with Crippen LogP contribution in [0.15, 0.2) is 77.9 Å². The van der Waals surface area contributed by atoms with Gasteiger partial charge in [-0.25, -0.2) is 4.99 Å². The SMILES string of the molecule is COc1ccc(Cn2cccc2C2=N[C@@H](Cc3ccccc3)CO2)cc1. The van der Waals surface area contributed by atoms with E-state index in [9.17, 15) is 0 Å². The zero-order valence-electron chi connectivity index (χ0n) is 14.8. The smallest absolute Gasteiger partial charge is 0.233 e. The number of hydrogen-bond acceptors (Lipinski definition) is 3. The van der Waals surface area contributed by atoms with E-state index in [4.69, 9.17) is 14.5 Å². The van der Waals surface area contributed by atoms with E-state index in [1.54, 1.807) is 7.11 Å². The lowest BCUT2D eigenvalue weighted by Gasteiger charge is -2.09. The second-order valence-electron chi connectivity index (χ2n) is 6.46. The molecular weight excluding hydrogens is 324 g/mol. The largest absolute Gasteiger partial charge is 0.497 e. The second-order valence-corrected chi connectivity index (χ2v) is 6.46. The molecule has 3 aromatic rings. The first-order valence-corrected chi connectivity index (χ1v) is 8.85. The van der Waals surface area contributed by atoms with Crippen molar-refractivity contribution >= 4 is 5.90 Å². The van der Waals surface area contributed by atoms with Gasteiger partial charge in [0.25, 0.3) is 0 Å². The lowest BCUT2D eigenvalue weighted by Crippen LogP contribution is -2.11. The Kier molecular flexibility index (Phi) is 4.73. The fraction of sp³-hybridized carbons (Fsp3) is 0.227. The van der Waals surface area contributed by atoms with Crippen LogP contribution in [0.1, 0.15) is 16.8 Å². The van der Waals surface area contributed by atoms with E-state index in [1.165, 1.54) is 11.1 Å². The van der Waals surface area contributed by atoms with Crippen molar-refractivity contribution in [3.8, 4) is 5.75 Å². The maximum atomic E-state index is 5.91. The average molecular weight is 346 g/mol. The van der Waals surface area contributed by atoms with Crippen molar-refractivity contribution in [2.45, 2.75) is 19.0 Å². The molecule has 0 aliphatic carbocycles. The number of ether oxygens (including phenoxy) is 2. The van der Waals surface area contributed by atoms with E-state index in [-0.39, 0.29) is 6.04 Å². The Morgan fingerprint density at radius 3 is 2.58 bits per heavy atom.